The molecule has 4 aromatic rings. The van der Waals surface area contributed by atoms with Gasteiger partial charge in [-0.1, -0.05) is 12.1 Å². The molecule has 0 spiro atoms. The number of carbonyl (C=O) groups is 1. The number of hydrogen-bond donors (Lipinski definition) is 1. The molecule has 0 aliphatic heterocycles. The third-order valence-corrected chi connectivity index (χ3v) is 4.85. The molecule has 4 rings (SSSR count). The third-order valence-electron chi connectivity index (χ3n) is 4.85. The van der Waals surface area contributed by atoms with E-state index in [0.717, 1.165) is 12.1 Å². The summed E-state index contributed by atoms with van der Waals surface area (Å²) >= 11 is 0. The van der Waals surface area contributed by atoms with E-state index in [-0.39, 0.29) is 11.8 Å². The van der Waals surface area contributed by atoms with Crippen LogP contribution in [0.1, 0.15) is 29.9 Å². The van der Waals surface area contributed by atoms with Crippen molar-refractivity contribution >= 4 is 17.0 Å². The van der Waals surface area contributed by atoms with Crippen molar-refractivity contribution in [1.82, 2.24) is 9.55 Å². The fraction of sp³-hybridized carbons (Fsp3) is 0.167. The molecular weight excluding hydrogens is 421 g/mol. The maximum atomic E-state index is 12.8. The Balaban J connectivity index is 1.76. The number of aromatic carboxylic acids is 1. The molecule has 2 aromatic carbocycles. The van der Waals surface area contributed by atoms with E-state index in [4.69, 9.17) is 4.74 Å². The predicted molar refractivity (Wildman–Crippen MR) is 114 cm³/mol. The van der Waals surface area contributed by atoms with E-state index in [2.05, 4.69) is 4.98 Å². The number of rotatable bonds is 5. The lowest BCUT2D eigenvalue weighted by Gasteiger charge is -2.12. The van der Waals surface area contributed by atoms with Gasteiger partial charge in [0.25, 0.3) is 0 Å². The molecule has 0 radical (unpaired) electrons. The maximum Gasteiger partial charge on any atom is 0.416 e. The molecule has 2 heterocycles. The van der Waals surface area contributed by atoms with Gasteiger partial charge in [0, 0.05) is 11.3 Å². The average molecular weight is 440 g/mol. The first-order chi connectivity index (χ1) is 15.1. The second kappa shape index (κ2) is 8.03. The predicted octanol–water partition coefficient (Wildman–Crippen LogP) is 6.20. The zero-order valence-corrected chi connectivity index (χ0v) is 17.2. The monoisotopic (exact) mass is 440 g/mol. The van der Waals surface area contributed by atoms with Crippen LogP contribution < -0.4 is 4.74 Å². The SMILES string of the molecule is CC(C)Oc1ccc(-n2c(C(=O)O)cc3nc(-c4ccc(C(F)(F)F)cc4)ccc32)cc1. The van der Waals surface area contributed by atoms with E-state index in [1.807, 2.05) is 13.8 Å². The van der Waals surface area contributed by atoms with Crippen LogP contribution in [0.15, 0.2) is 66.7 Å². The summed E-state index contributed by atoms with van der Waals surface area (Å²) in [7, 11) is 0. The minimum atomic E-state index is -4.42. The molecule has 0 fully saturated rings. The fourth-order valence-electron chi connectivity index (χ4n) is 3.46. The second-order valence-corrected chi connectivity index (χ2v) is 7.51. The Labute approximate surface area is 181 Å². The topological polar surface area (TPSA) is 64.3 Å². The van der Waals surface area contributed by atoms with Crippen molar-refractivity contribution in [3.05, 3.63) is 78.0 Å². The van der Waals surface area contributed by atoms with Crippen molar-refractivity contribution in [1.29, 1.82) is 0 Å². The van der Waals surface area contributed by atoms with Gasteiger partial charge in [-0.2, -0.15) is 13.2 Å². The van der Waals surface area contributed by atoms with Gasteiger partial charge in [-0.25, -0.2) is 9.78 Å². The molecule has 5 nitrogen and oxygen atoms in total. The molecule has 0 aliphatic rings. The second-order valence-electron chi connectivity index (χ2n) is 7.51. The van der Waals surface area contributed by atoms with Crippen LogP contribution in [0.4, 0.5) is 13.2 Å². The van der Waals surface area contributed by atoms with Gasteiger partial charge in [-0.15, -0.1) is 0 Å². The molecule has 0 unspecified atom stereocenters. The molecule has 0 bridgehead atoms. The number of fused-ring (bicyclic) bond motifs is 1. The van der Waals surface area contributed by atoms with Gasteiger partial charge in [-0.3, -0.25) is 0 Å². The van der Waals surface area contributed by atoms with E-state index < -0.39 is 17.7 Å². The first kappa shape index (κ1) is 21.4. The molecular formula is C24H19F3N2O3. The molecule has 2 aromatic heterocycles. The van der Waals surface area contributed by atoms with Crippen LogP contribution in [0.2, 0.25) is 0 Å². The number of benzene rings is 2. The van der Waals surface area contributed by atoms with Crippen LogP contribution in [0, 0.1) is 0 Å². The summed E-state index contributed by atoms with van der Waals surface area (Å²) in [5, 5.41) is 9.71. The summed E-state index contributed by atoms with van der Waals surface area (Å²) in [6, 6.07) is 16.5. The van der Waals surface area contributed by atoms with Crippen molar-refractivity contribution in [2.75, 3.05) is 0 Å². The number of carboxylic acids is 1. The number of hydrogen-bond acceptors (Lipinski definition) is 3. The summed E-state index contributed by atoms with van der Waals surface area (Å²) in [6.07, 6.45) is -4.41. The van der Waals surface area contributed by atoms with Crippen LogP contribution in [0.5, 0.6) is 5.75 Å². The Hall–Kier alpha value is -3.81. The summed E-state index contributed by atoms with van der Waals surface area (Å²) in [5.41, 5.74) is 1.83. The van der Waals surface area contributed by atoms with Crippen LogP contribution >= 0.6 is 0 Å². The van der Waals surface area contributed by atoms with E-state index in [1.54, 1.807) is 41.0 Å². The Morgan fingerprint density at radius 3 is 2.22 bits per heavy atom. The first-order valence-electron chi connectivity index (χ1n) is 9.84. The van der Waals surface area contributed by atoms with Crippen LogP contribution in [-0.2, 0) is 6.18 Å². The van der Waals surface area contributed by atoms with Gasteiger partial charge >= 0.3 is 12.1 Å². The number of halogens is 3. The molecule has 0 saturated carbocycles. The van der Waals surface area contributed by atoms with Gasteiger partial charge < -0.3 is 14.4 Å². The first-order valence-corrected chi connectivity index (χ1v) is 9.84. The highest BCUT2D eigenvalue weighted by molar-refractivity contribution is 5.95. The van der Waals surface area contributed by atoms with Crippen molar-refractivity contribution in [2.45, 2.75) is 26.1 Å². The molecule has 32 heavy (non-hydrogen) atoms. The average Bonchev–Trinajstić information content (AvgIpc) is 3.12. The number of carboxylic acid groups (broad SMARTS) is 1. The standard InChI is InChI=1S/C24H19F3N2O3/c1-14(2)32-18-9-7-17(8-10-18)29-21-12-11-19(28-20(21)13-22(29)23(30)31)15-3-5-16(6-4-15)24(25,26)27/h3-14H,1-2H3,(H,30,31). The number of alkyl halides is 3. The van der Waals surface area contributed by atoms with Gasteiger partial charge in [-0.05, 0) is 68.4 Å². The van der Waals surface area contributed by atoms with Crippen molar-refractivity contribution < 1.29 is 27.8 Å². The van der Waals surface area contributed by atoms with E-state index >= 15 is 0 Å². The molecule has 0 atom stereocenters. The van der Waals surface area contributed by atoms with Crippen molar-refractivity contribution in [2.24, 2.45) is 0 Å². The van der Waals surface area contributed by atoms with Gasteiger partial charge in [0.05, 0.1) is 28.4 Å². The van der Waals surface area contributed by atoms with Gasteiger partial charge in [0.1, 0.15) is 11.4 Å². The molecule has 0 amide bonds. The smallest absolute Gasteiger partial charge is 0.416 e. The lowest BCUT2D eigenvalue weighted by Crippen LogP contribution is -2.07. The van der Waals surface area contributed by atoms with Crippen LogP contribution in [0.25, 0.3) is 28.0 Å². The Bertz CT molecular complexity index is 1280. The van der Waals surface area contributed by atoms with E-state index in [0.29, 0.717) is 33.7 Å². The van der Waals surface area contributed by atoms with Gasteiger partial charge in [0.2, 0.25) is 0 Å². The van der Waals surface area contributed by atoms with E-state index in [9.17, 15) is 23.1 Å². The largest absolute Gasteiger partial charge is 0.491 e. The molecule has 0 aliphatic carbocycles. The minimum Gasteiger partial charge on any atom is -0.491 e. The lowest BCUT2D eigenvalue weighted by atomic mass is 10.1. The fourth-order valence-corrected chi connectivity index (χ4v) is 3.46. The number of pyridine rings is 1. The zero-order chi connectivity index (χ0) is 23.0. The normalized spacial score (nSPS) is 11.8. The Kier molecular flexibility index (Phi) is 5.38. The molecule has 0 saturated heterocycles. The zero-order valence-electron chi connectivity index (χ0n) is 17.2. The third kappa shape index (κ3) is 4.16. The lowest BCUT2D eigenvalue weighted by molar-refractivity contribution is -0.137. The van der Waals surface area contributed by atoms with Crippen molar-refractivity contribution in [3.8, 4) is 22.7 Å². The number of aromatic nitrogens is 2. The van der Waals surface area contributed by atoms with Crippen molar-refractivity contribution in [3.63, 3.8) is 0 Å². The van der Waals surface area contributed by atoms with E-state index in [1.165, 1.54) is 18.2 Å². The molecule has 8 heteroatoms. The summed E-state index contributed by atoms with van der Waals surface area (Å²) < 4.78 is 45.7. The quantitative estimate of drug-likeness (QED) is 0.402. The number of nitrogens with zero attached hydrogens (tertiary/aromatic N) is 2. The van der Waals surface area contributed by atoms with Crippen LogP contribution in [0.3, 0.4) is 0 Å². The molecule has 164 valence electrons. The highest BCUT2D eigenvalue weighted by atomic mass is 19.4. The number of ether oxygens (including phenoxy) is 1. The van der Waals surface area contributed by atoms with Gasteiger partial charge in [0.15, 0.2) is 0 Å². The highest BCUT2D eigenvalue weighted by Gasteiger charge is 2.30. The Morgan fingerprint density at radius 2 is 1.66 bits per heavy atom. The maximum absolute atomic E-state index is 12.8. The Morgan fingerprint density at radius 1 is 1.00 bits per heavy atom. The summed E-state index contributed by atoms with van der Waals surface area (Å²) in [4.78, 5) is 16.4. The minimum absolute atomic E-state index is 0.00987. The molecule has 1 N–H and O–H groups in total. The van der Waals surface area contributed by atoms with Crippen LogP contribution in [-0.4, -0.2) is 26.7 Å². The summed E-state index contributed by atoms with van der Waals surface area (Å²) in [5.74, 6) is -0.457. The highest BCUT2D eigenvalue weighted by Crippen LogP contribution is 2.32. The summed E-state index contributed by atoms with van der Waals surface area (Å²) in [6.45, 7) is 3.83.